The monoisotopic (exact) mass is 684 g/mol. The van der Waals surface area contributed by atoms with E-state index in [1.165, 1.54) is 7.11 Å². The number of urea groups is 1. The van der Waals surface area contributed by atoms with E-state index in [9.17, 15) is 19.8 Å². The quantitative estimate of drug-likeness (QED) is 0.129. The van der Waals surface area contributed by atoms with E-state index < -0.39 is 30.4 Å². The van der Waals surface area contributed by atoms with E-state index >= 15 is 0 Å². The molecule has 264 valence electrons. The molecule has 3 amide bonds. The predicted octanol–water partition coefficient (Wildman–Crippen LogP) is 1.70. The Morgan fingerprint density at radius 3 is 2.36 bits per heavy atom. The van der Waals surface area contributed by atoms with Crippen LogP contribution in [-0.2, 0) is 4.74 Å². The molecule has 0 unspecified atom stereocenters. The maximum atomic E-state index is 12.7. The molecule has 3 aliphatic rings. The number of benzene rings is 2. The van der Waals surface area contributed by atoms with E-state index in [4.69, 9.17) is 19.7 Å². The summed E-state index contributed by atoms with van der Waals surface area (Å²) in [5.74, 6) is 0.999. The van der Waals surface area contributed by atoms with Crippen molar-refractivity contribution in [1.29, 1.82) is 0 Å². The number of hydrogen-bond acceptors (Lipinski definition) is 11. The summed E-state index contributed by atoms with van der Waals surface area (Å²) in [6, 6.07) is 19.0. The normalized spacial score (nSPS) is 24.8. The lowest BCUT2D eigenvalue weighted by molar-refractivity contribution is 0.0142. The lowest BCUT2D eigenvalue weighted by atomic mass is 9.91. The van der Waals surface area contributed by atoms with Crippen molar-refractivity contribution < 1.29 is 24.5 Å². The Bertz CT molecular complexity index is 1730. The van der Waals surface area contributed by atoms with Gasteiger partial charge in [0.15, 0.2) is 17.0 Å². The summed E-state index contributed by atoms with van der Waals surface area (Å²) in [4.78, 5) is 41.4. The number of alkyl carbamates (subject to hydrolysis) is 1. The highest BCUT2D eigenvalue weighted by molar-refractivity contribution is 5.85. The van der Waals surface area contributed by atoms with Crippen LogP contribution < -0.4 is 31.5 Å². The smallest absolute Gasteiger partial charge is 0.407 e. The van der Waals surface area contributed by atoms with Gasteiger partial charge in [0, 0.05) is 44.2 Å². The molecule has 2 aliphatic heterocycles. The fraction of sp³-hybridized carbons (Fsp3) is 0.457. The molecule has 15 heteroatoms. The molecule has 7 N–H and O–H groups in total. The second-order valence-electron chi connectivity index (χ2n) is 13.2. The zero-order valence-corrected chi connectivity index (χ0v) is 27.9. The Balaban J connectivity index is 1.18. The maximum absolute atomic E-state index is 12.7. The molecule has 6 atom stereocenters. The minimum Gasteiger partial charge on any atom is -0.453 e. The highest BCUT2D eigenvalue weighted by Crippen LogP contribution is 2.35. The van der Waals surface area contributed by atoms with Crippen molar-refractivity contribution in [2.75, 3.05) is 50.1 Å². The van der Waals surface area contributed by atoms with Crippen molar-refractivity contribution >= 4 is 35.1 Å². The summed E-state index contributed by atoms with van der Waals surface area (Å²) in [7, 11) is 1.25. The minimum absolute atomic E-state index is 0.0128. The van der Waals surface area contributed by atoms with Crippen LogP contribution in [0.1, 0.15) is 42.3 Å². The van der Waals surface area contributed by atoms with Gasteiger partial charge in [0.05, 0.1) is 25.5 Å². The van der Waals surface area contributed by atoms with Crippen LogP contribution in [0.5, 0.6) is 0 Å². The SMILES string of the molecule is COC(=O)N[C@@H]1C[C@H](n2cnc3c(NCC(c4ccccc4)c4ccccc4)nc(N4CC[C@@H](NC(=O)N[C@H]5CCNC5)C4)nc32)[C@H](O)[C@@H]1O. The summed E-state index contributed by atoms with van der Waals surface area (Å²) in [5, 5.41) is 37.6. The zero-order chi connectivity index (χ0) is 34.6. The Labute approximate surface area is 289 Å². The van der Waals surface area contributed by atoms with E-state index in [-0.39, 0.29) is 30.5 Å². The number of carbonyl (C=O) groups is 2. The molecule has 2 aromatic carbocycles. The van der Waals surface area contributed by atoms with E-state index in [1.54, 1.807) is 10.9 Å². The number of fused-ring (bicyclic) bond motifs is 1. The lowest BCUT2D eigenvalue weighted by Gasteiger charge is -2.22. The van der Waals surface area contributed by atoms with Gasteiger partial charge in [-0.05, 0) is 36.9 Å². The summed E-state index contributed by atoms with van der Waals surface area (Å²) in [6.45, 7) is 3.32. The Morgan fingerprint density at radius 1 is 0.960 bits per heavy atom. The molecule has 15 nitrogen and oxygen atoms in total. The van der Waals surface area contributed by atoms with Gasteiger partial charge in [0.1, 0.15) is 12.2 Å². The molecule has 3 fully saturated rings. The van der Waals surface area contributed by atoms with Crippen LogP contribution in [0.15, 0.2) is 67.0 Å². The summed E-state index contributed by atoms with van der Waals surface area (Å²) >= 11 is 0. The molecule has 50 heavy (non-hydrogen) atoms. The standard InChI is InChI=1S/C35H44N10O5/c1-50-35(49)41-26-16-27(30(47)29(26)46)45-20-38-28-31(37-18-25(21-8-4-2-5-9-21)22-10-6-3-7-11-22)42-33(43-32(28)45)44-15-13-24(19-44)40-34(48)39-23-12-14-36-17-23/h2-11,20,23-27,29-30,36,46-47H,12-19H2,1H3,(H,41,49)(H,37,42,43)(H2,39,40,48)/t23-,24+,26+,27-,29+,30-/m0/s1. The number of ether oxygens (including phenoxy) is 1. The third-order valence-corrected chi connectivity index (χ3v) is 9.99. The highest BCUT2D eigenvalue weighted by Gasteiger charge is 2.44. The number of aromatic nitrogens is 4. The van der Waals surface area contributed by atoms with Gasteiger partial charge in [-0.1, -0.05) is 60.7 Å². The summed E-state index contributed by atoms with van der Waals surface area (Å²) in [5.41, 5.74) is 3.29. The average molecular weight is 685 g/mol. The Morgan fingerprint density at radius 2 is 1.68 bits per heavy atom. The highest BCUT2D eigenvalue weighted by atomic mass is 16.5. The van der Waals surface area contributed by atoms with E-state index in [0.717, 1.165) is 37.1 Å². The maximum Gasteiger partial charge on any atom is 0.407 e. The summed E-state index contributed by atoms with van der Waals surface area (Å²) < 4.78 is 6.48. The van der Waals surface area contributed by atoms with Gasteiger partial charge in [-0.3, -0.25) is 0 Å². The number of methoxy groups -OCH3 is 1. The zero-order valence-electron chi connectivity index (χ0n) is 27.9. The molecule has 2 saturated heterocycles. The van der Waals surface area contributed by atoms with Crippen LogP contribution >= 0.6 is 0 Å². The number of amides is 3. The molecule has 7 rings (SSSR count). The van der Waals surface area contributed by atoms with Crippen molar-refractivity contribution in [1.82, 2.24) is 40.8 Å². The van der Waals surface area contributed by atoms with Gasteiger partial charge in [0.2, 0.25) is 5.95 Å². The van der Waals surface area contributed by atoms with Crippen LogP contribution in [0, 0.1) is 0 Å². The topological polar surface area (TPSA) is 191 Å². The first-order valence-corrected chi connectivity index (χ1v) is 17.2. The molecule has 2 aromatic heterocycles. The number of nitrogens with one attached hydrogen (secondary N) is 5. The Kier molecular flexibility index (Phi) is 9.96. The fourth-order valence-corrected chi connectivity index (χ4v) is 7.30. The number of aliphatic hydroxyl groups excluding tert-OH is 2. The van der Waals surface area contributed by atoms with Gasteiger partial charge in [-0.15, -0.1) is 0 Å². The Hall–Kier alpha value is -4.99. The van der Waals surface area contributed by atoms with Crippen molar-refractivity contribution in [3.8, 4) is 0 Å². The van der Waals surface area contributed by atoms with Crippen molar-refractivity contribution in [3.63, 3.8) is 0 Å². The number of hydrogen-bond donors (Lipinski definition) is 7. The number of carbonyl (C=O) groups excluding carboxylic acids is 2. The van der Waals surface area contributed by atoms with Crippen LogP contribution in [0.25, 0.3) is 11.2 Å². The molecule has 0 spiro atoms. The van der Waals surface area contributed by atoms with Crippen LogP contribution in [-0.4, -0.2) is 112 Å². The first-order chi connectivity index (χ1) is 24.4. The average Bonchev–Trinajstić information content (AvgIpc) is 3.95. The van der Waals surface area contributed by atoms with Gasteiger partial charge in [-0.2, -0.15) is 9.97 Å². The fourth-order valence-electron chi connectivity index (χ4n) is 7.30. The van der Waals surface area contributed by atoms with Crippen LogP contribution in [0.2, 0.25) is 0 Å². The first kappa shape index (κ1) is 33.5. The van der Waals surface area contributed by atoms with Gasteiger partial charge >= 0.3 is 12.1 Å². The third-order valence-electron chi connectivity index (χ3n) is 9.99. The van der Waals surface area contributed by atoms with Gasteiger partial charge < -0.3 is 51.0 Å². The molecule has 0 radical (unpaired) electrons. The molecule has 1 aliphatic carbocycles. The van der Waals surface area contributed by atoms with Crippen molar-refractivity contribution in [2.24, 2.45) is 0 Å². The van der Waals surface area contributed by atoms with Crippen molar-refractivity contribution in [2.45, 2.75) is 61.6 Å². The predicted molar refractivity (Wildman–Crippen MR) is 187 cm³/mol. The molecule has 0 bridgehead atoms. The van der Waals surface area contributed by atoms with Crippen LogP contribution in [0.4, 0.5) is 21.4 Å². The first-order valence-electron chi connectivity index (χ1n) is 17.2. The number of aliphatic hydroxyl groups is 2. The lowest BCUT2D eigenvalue weighted by Crippen LogP contribution is -2.47. The van der Waals surface area contributed by atoms with Crippen LogP contribution in [0.3, 0.4) is 0 Å². The van der Waals surface area contributed by atoms with Crippen molar-refractivity contribution in [3.05, 3.63) is 78.1 Å². The number of nitrogens with zero attached hydrogens (tertiary/aromatic N) is 5. The summed E-state index contributed by atoms with van der Waals surface area (Å²) in [6.07, 6.45) is 0.351. The second kappa shape index (κ2) is 14.9. The van der Waals surface area contributed by atoms with E-state index in [0.29, 0.717) is 42.6 Å². The number of anilines is 2. The molecule has 4 heterocycles. The molecule has 4 aromatic rings. The number of imidazole rings is 1. The molecule has 1 saturated carbocycles. The van der Waals surface area contributed by atoms with E-state index in [2.05, 4.69) is 50.8 Å². The van der Waals surface area contributed by atoms with Gasteiger partial charge in [0.25, 0.3) is 0 Å². The number of rotatable bonds is 10. The third kappa shape index (κ3) is 7.15. The largest absolute Gasteiger partial charge is 0.453 e. The minimum atomic E-state index is -1.22. The van der Waals surface area contributed by atoms with Gasteiger partial charge in [-0.25, -0.2) is 14.6 Å². The van der Waals surface area contributed by atoms with E-state index in [1.807, 2.05) is 41.3 Å². The second-order valence-corrected chi connectivity index (χ2v) is 13.2. The molecular weight excluding hydrogens is 640 g/mol. The molecular formula is C35H44N10O5.